The third-order valence-corrected chi connectivity index (χ3v) is 5.37. The Bertz CT molecular complexity index is 910. The van der Waals surface area contributed by atoms with Gasteiger partial charge in [-0.25, -0.2) is 4.98 Å². The average Bonchev–Trinajstić information content (AvgIpc) is 2.78. The summed E-state index contributed by atoms with van der Waals surface area (Å²) in [6, 6.07) is 7.98. The van der Waals surface area contributed by atoms with E-state index in [0.29, 0.717) is 57.4 Å². The molecule has 0 bridgehead atoms. The van der Waals surface area contributed by atoms with E-state index in [-0.39, 0.29) is 11.6 Å². The molecule has 1 aliphatic rings. The monoisotopic (exact) mass is 429 g/mol. The van der Waals surface area contributed by atoms with Crippen molar-refractivity contribution >= 4 is 17.3 Å². The summed E-state index contributed by atoms with van der Waals surface area (Å²) in [5, 5.41) is 13.9. The zero-order valence-electron chi connectivity index (χ0n) is 17.8. The normalized spacial score (nSPS) is 15.3. The van der Waals surface area contributed by atoms with Crippen LogP contribution in [0.3, 0.4) is 0 Å². The van der Waals surface area contributed by atoms with Gasteiger partial charge in [0, 0.05) is 37.5 Å². The lowest BCUT2D eigenvalue weighted by atomic mass is 9.73. The van der Waals surface area contributed by atoms with Crippen LogP contribution in [0.15, 0.2) is 36.5 Å². The third kappa shape index (κ3) is 5.36. The topological polar surface area (TPSA) is 113 Å². The van der Waals surface area contributed by atoms with Crippen LogP contribution in [0.25, 0.3) is 0 Å². The highest BCUT2D eigenvalue weighted by Gasteiger charge is 2.42. The molecule has 1 aliphatic heterocycles. The summed E-state index contributed by atoms with van der Waals surface area (Å²) < 4.78 is 16.3. The first kappa shape index (κ1) is 22.6. The van der Waals surface area contributed by atoms with Gasteiger partial charge in [-0.2, -0.15) is 0 Å². The number of non-ortho nitro benzene ring substituents is 1. The summed E-state index contributed by atoms with van der Waals surface area (Å²) in [5.74, 6) is 0.310. The van der Waals surface area contributed by atoms with Crippen LogP contribution in [-0.2, 0) is 19.7 Å². The molecule has 31 heavy (non-hydrogen) atoms. The predicted molar refractivity (Wildman–Crippen MR) is 114 cm³/mol. The maximum Gasteiger partial charge on any atom is 0.269 e. The number of benzene rings is 1. The van der Waals surface area contributed by atoms with Crippen LogP contribution in [0.1, 0.15) is 30.9 Å². The van der Waals surface area contributed by atoms with Gasteiger partial charge in [0.05, 0.1) is 28.8 Å². The van der Waals surface area contributed by atoms with E-state index >= 15 is 0 Å². The number of ether oxygens (including phenoxy) is 3. The van der Waals surface area contributed by atoms with Crippen molar-refractivity contribution in [2.45, 2.75) is 32.1 Å². The number of nitro benzene ring substituents is 1. The van der Waals surface area contributed by atoms with Gasteiger partial charge in [0.1, 0.15) is 6.61 Å². The summed E-state index contributed by atoms with van der Waals surface area (Å²) in [6.45, 7) is 6.17. The highest BCUT2D eigenvalue weighted by Crippen LogP contribution is 2.37. The van der Waals surface area contributed by atoms with E-state index in [2.05, 4.69) is 10.3 Å². The minimum Gasteiger partial charge on any atom is -0.475 e. The zero-order chi connectivity index (χ0) is 22.3. The van der Waals surface area contributed by atoms with E-state index in [9.17, 15) is 14.9 Å². The second-order valence-corrected chi connectivity index (χ2v) is 7.34. The van der Waals surface area contributed by atoms with Crippen LogP contribution >= 0.6 is 0 Å². The molecule has 1 aromatic heterocycles. The zero-order valence-corrected chi connectivity index (χ0v) is 17.8. The number of nitrogens with one attached hydrogen (secondary N) is 1. The van der Waals surface area contributed by atoms with Crippen molar-refractivity contribution in [2.75, 3.05) is 38.4 Å². The standard InChI is InChI=1S/C22H27N3O6/c1-3-29-12-13-31-20-16(2)14-18(15-23-20)24-21(26)22(8-10-30-11-9-22)17-4-6-19(7-5-17)25(27)28/h4-7,14-15H,3,8-13H2,1-2H3,(H,24,26). The second kappa shape index (κ2) is 10.3. The molecule has 2 heterocycles. The van der Waals surface area contributed by atoms with E-state index < -0.39 is 10.3 Å². The molecule has 9 nitrogen and oxygen atoms in total. The lowest BCUT2D eigenvalue weighted by Crippen LogP contribution is -2.44. The molecule has 1 aromatic carbocycles. The minimum atomic E-state index is -0.825. The van der Waals surface area contributed by atoms with E-state index in [1.165, 1.54) is 12.1 Å². The summed E-state index contributed by atoms with van der Waals surface area (Å²) >= 11 is 0. The largest absolute Gasteiger partial charge is 0.475 e. The maximum atomic E-state index is 13.4. The van der Waals surface area contributed by atoms with Crippen molar-refractivity contribution < 1.29 is 23.9 Å². The number of hydrogen-bond acceptors (Lipinski definition) is 7. The Kier molecular flexibility index (Phi) is 7.54. The highest BCUT2D eigenvalue weighted by atomic mass is 16.6. The molecule has 2 aromatic rings. The fourth-order valence-electron chi connectivity index (χ4n) is 3.64. The lowest BCUT2D eigenvalue weighted by Gasteiger charge is -2.36. The Hall–Kier alpha value is -3.04. The number of nitrogens with zero attached hydrogens (tertiary/aromatic N) is 2. The van der Waals surface area contributed by atoms with Gasteiger partial charge in [-0.05, 0) is 38.3 Å². The van der Waals surface area contributed by atoms with Crippen LogP contribution in [0.2, 0.25) is 0 Å². The quantitative estimate of drug-likeness (QED) is 0.369. The van der Waals surface area contributed by atoms with Crippen molar-refractivity contribution in [1.29, 1.82) is 0 Å². The first-order chi connectivity index (χ1) is 15.0. The molecule has 0 radical (unpaired) electrons. The molecular formula is C22H27N3O6. The van der Waals surface area contributed by atoms with Crippen molar-refractivity contribution in [3.8, 4) is 5.88 Å². The molecule has 0 spiro atoms. The molecule has 166 valence electrons. The van der Waals surface area contributed by atoms with Gasteiger partial charge in [-0.15, -0.1) is 0 Å². The molecule has 0 unspecified atom stereocenters. The molecule has 0 saturated carbocycles. The number of aryl methyl sites for hydroxylation is 1. The van der Waals surface area contributed by atoms with Crippen LogP contribution in [0.5, 0.6) is 5.88 Å². The number of hydrogen-bond donors (Lipinski definition) is 1. The molecule has 1 amide bonds. The van der Waals surface area contributed by atoms with Crippen LogP contribution < -0.4 is 10.1 Å². The number of anilines is 1. The van der Waals surface area contributed by atoms with Gasteiger partial charge < -0.3 is 19.5 Å². The molecular weight excluding hydrogens is 402 g/mol. The van der Waals surface area contributed by atoms with E-state index in [1.54, 1.807) is 18.3 Å². The van der Waals surface area contributed by atoms with Gasteiger partial charge in [0.2, 0.25) is 11.8 Å². The SMILES string of the molecule is CCOCCOc1ncc(NC(=O)C2(c3ccc([N+](=O)[O-])cc3)CCOCC2)cc1C. The van der Waals surface area contributed by atoms with Gasteiger partial charge in [-0.1, -0.05) is 12.1 Å². The lowest BCUT2D eigenvalue weighted by molar-refractivity contribution is -0.384. The Labute approximate surface area is 180 Å². The molecule has 1 fully saturated rings. The smallest absolute Gasteiger partial charge is 0.269 e. The predicted octanol–water partition coefficient (Wildman–Crippen LogP) is 3.40. The summed E-state index contributed by atoms with van der Waals surface area (Å²) in [7, 11) is 0. The van der Waals surface area contributed by atoms with E-state index in [4.69, 9.17) is 14.2 Å². The Morgan fingerprint density at radius 3 is 2.58 bits per heavy atom. The summed E-state index contributed by atoms with van der Waals surface area (Å²) in [6.07, 6.45) is 2.53. The number of nitro groups is 1. The van der Waals surface area contributed by atoms with Crippen molar-refractivity contribution in [1.82, 2.24) is 4.98 Å². The van der Waals surface area contributed by atoms with Gasteiger partial charge >= 0.3 is 0 Å². The number of amides is 1. The number of aromatic nitrogens is 1. The average molecular weight is 429 g/mol. The Balaban J connectivity index is 1.76. The number of rotatable bonds is 9. The fourth-order valence-corrected chi connectivity index (χ4v) is 3.64. The first-order valence-electron chi connectivity index (χ1n) is 10.3. The summed E-state index contributed by atoms with van der Waals surface area (Å²) in [5.41, 5.74) is 1.26. The molecule has 1 N–H and O–H groups in total. The highest BCUT2D eigenvalue weighted by molar-refractivity contribution is 5.99. The van der Waals surface area contributed by atoms with E-state index in [0.717, 1.165) is 11.1 Å². The second-order valence-electron chi connectivity index (χ2n) is 7.34. The number of pyridine rings is 1. The first-order valence-corrected chi connectivity index (χ1v) is 10.3. The molecule has 1 saturated heterocycles. The minimum absolute atomic E-state index is 0.00822. The maximum absolute atomic E-state index is 13.4. The van der Waals surface area contributed by atoms with Gasteiger partial charge in [0.25, 0.3) is 5.69 Å². The molecule has 0 aliphatic carbocycles. The Morgan fingerprint density at radius 2 is 1.97 bits per heavy atom. The van der Waals surface area contributed by atoms with Crippen LogP contribution in [-0.4, -0.2) is 48.8 Å². The fraction of sp³-hybridized carbons (Fsp3) is 0.455. The summed E-state index contributed by atoms with van der Waals surface area (Å²) in [4.78, 5) is 28.2. The third-order valence-electron chi connectivity index (χ3n) is 5.37. The van der Waals surface area contributed by atoms with Gasteiger partial charge in [-0.3, -0.25) is 14.9 Å². The van der Waals surface area contributed by atoms with E-state index in [1.807, 2.05) is 19.9 Å². The van der Waals surface area contributed by atoms with Crippen LogP contribution in [0.4, 0.5) is 11.4 Å². The van der Waals surface area contributed by atoms with Crippen molar-refractivity contribution in [3.63, 3.8) is 0 Å². The van der Waals surface area contributed by atoms with Gasteiger partial charge in [0.15, 0.2) is 0 Å². The van der Waals surface area contributed by atoms with Crippen LogP contribution in [0, 0.1) is 17.0 Å². The molecule has 9 heteroatoms. The van der Waals surface area contributed by atoms with Crippen molar-refractivity contribution in [3.05, 3.63) is 57.8 Å². The number of carbonyl (C=O) groups is 1. The molecule has 3 rings (SSSR count). The molecule has 0 atom stereocenters. The Morgan fingerprint density at radius 1 is 1.26 bits per heavy atom. The van der Waals surface area contributed by atoms with Crippen molar-refractivity contribution in [2.24, 2.45) is 0 Å². The number of carbonyl (C=O) groups excluding carboxylic acids is 1.